The fourth-order valence-electron chi connectivity index (χ4n) is 4.14. The number of hydrogen-bond acceptors (Lipinski definition) is 10. The number of hydrogen-bond donors (Lipinski definition) is 3. The van der Waals surface area contributed by atoms with Crippen LogP contribution < -0.4 is 10.4 Å². The molecule has 10 nitrogen and oxygen atoms in total. The molecule has 0 aliphatic carbocycles. The Morgan fingerprint density at radius 2 is 1.91 bits per heavy atom. The standard InChI is InChI=1S/C23H31NO9/c1-7-13(24-30-6)15-16(25)12-9-10-14(11(3)19(12)32-21(15)28)31-22-18(27)17(26)20(29-5)23(4,8-2)33-22/h9-10,17-18,20,22,25-27H,7-8H2,1-6H3/t17-,18+,20+,22+,23-/m0/s1. The molecule has 1 aromatic heterocycles. The van der Waals surface area contributed by atoms with E-state index >= 15 is 0 Å². The van der Waals surface area contributed by atoms with Crippen LogP contribution in [-0.2, 0) is 14.3 Å². The Morgan fingerprint density at radius 1 is 1.21 bits per heavy atom. The van der Waals surface area contributed by atoms with E-state index in [1.807, 2.05) is 6.92 Å². The van der Waals surface area contributed by atoms with Gasteiger partial charge in [0.15, 0.2) is 0 Å². The predicted molar refractivity (Wildman–Crippen MR) is 120 cm³/mol. The van der Waals surface area contributed by atoms with E-state index in [1.165, 1.54) is 20.3 Å². The van der Waals surface area contributed by atoms with Crippen molar-refractivity contribution in [3.05, 3.63) is 33.7 Å². The average Bonchev–Trinajstić information content (AvgIpc) is 2.79. The van der Waals surface area contributed by atoms with Gasteiger partial charge in [0.25, 0.3) is 0 Å². The van der Waals surface area contributed by atoms with E-state index < -0.39 is 35.8 Å². The summed E-state index contributed by atoms with van der Waals surface area (Å²) in [5.74, 6) is -0.0240. The molecule has 0 bridgehead atoms. The Labute approximate surface area is 191 Å². The van der Waals surface area contributed by atoms with Crippen LogP contribution in [0.25, 0.3) is 11.0 Å². The second-order valence-electron chi connectivity index (χ2n) is 8.16. The maximum absolute atomic E-state index is 12.7. The van der Waals surface area contributed by atoms with Gasteiger partial charge in [-0.15, -0.1) is 0 Å². The third-order valence-electron chi connectivity index (χ3n) is 6.20. The first-order valence-corrected chi connectivity index (χ1v) is 10.8. The molecule has 2 aromatic rings. The number of aryl methyl sites for hydroxylation is 1. The molecule has 0 radical (unpaired) electrons. The molecule has 0 saturated carbocycles. The normalized spacial score (nSPS) is 28.2. The van der Waals surface area contributed by atoms with Gasteiger partial charge in [0.2, 0.25) is 6.29 Å². The van der Waals surface area contributed by atoms with Crippen molar-refractivity contribution in [3.8, 4) is 11.5 Å². The van der Waals surface area contributed by atoms with E-state index in [0.29, 0.717) is 18.4 Å². The van der Waals surface area contributed by atoms with E-state index in [0.717, 1.165) is 0 Å². The Balaban J connectivity index is 2.03. The number of ether oxygens (including phenoxy) is 3. The lowest BCUT2D eigenvalue weighted by Crippen LogP contribution is -2.64. The number of aliphatic hydroxyl groups excluding tert-OH is 2. The van der Waals surface area contributed by atoms with Crippen LogP contribution in [0.15, 0.2) is 26.5 Å². The lowest BCUT2D eigenvalue weighted by atomic mass is 9.86. The number of nitrogens with zero attached hydrogens (tertiary/aromatic N) is 1. The van der Waals surface area contributed by atoms with E-state index in [-0.39, 0.29) is 33.7 Å². The molecule has 0 spiro atoms. The van der Waals surface area contributed by atoms with Crippen LogP contribution in [0, 0.1) is 6.92 Å². The smallest absolute Gasteiger partial charge is 0.349 e. The van der Waals surface area contributed by atoms with Gasteiger partial charge in [0.05, 0.1) is 16.7 Å². The number of methoxy groups -OCH3 is 1. The zero-order valence-corrected chi connectivity index (χ0v) is 19.6. The van der Waals surface area contributed by atoms with Crippen LogP contribution in [0.2, 0.25) is 0 Å². The zero-order valence-electron chi connectivity index (χ0n) is 19.6. The zero-order chi connectivity index (χ0) is 24.5. The second-order valence-corrected chi connectivity index (χ2v) is 8.16. The van der Waals surface area contributed by atoms with E-state index in [9.17, 15) is 20.1 Å². The van der Waals surface area contributed by atoms with Gasteiger partial charge >= 0.3 is 5.63 Å². The molecule has 1 saturated heterocycles. The number of aromatic hydroxyl groups is 1. The highest BCUT2D eigenvalue weighted by atomic mass is 16.7. The van der Waals surface area contributed by atoms with Crippen LogP contribution in [0.3, 0.4) is 0 Å². The number of rotatable bonds is 7. The predicted octanol–water partition coefficient (Wildman–Crippen LogP) is 2.21. The minimum atomic E-state index is -1.38. The summed E-state index contributed by atoms with van der Waals surface area (Å²) in [5, 5.41) is 36.0. The third kappa shape index (κ3) is 4.31. The highest BCUT2D eigenvalue weighted by molar-refractivity contribution is 6.06. The molecule has 3 rings (SSSR count). The molecule has 182 valence electrons. The van der Waals surface area contributed by atoms with Gasteiger partial charge in [-0.25, -0.2) is 4.79 Å². The number of fused-ring (bicyclic) bond motifs is 1. The molecular formula is C23H31NO9. The van der Waals surface area contributed by atoms with Gasteiger partial charge in [-0.2, -0.15) is 0 Å². The molecule has 33 heavy (non-hydrogen) atoms. The van der Waals surface area contributed by atoms with Crippen LogP contribution >= 0.6 is 0 Å². The molecule has 1 fully saturated rings. The van der Waals surface area contributed by atoms with Gasteiger partial charge in [0.1, 0.15) is 48.1 Å². The number of oxime groups is 1. The van der Waals surface area contributed by atoms with Crippen molar-refractivity contribution in [2.45, 2.75) is 70.7 Å². The second kappa shape index (κ2) is 9.68. The van der Waals surface area contributed by atoms with E-state index in [4.69, 9.17) is 23.5 Å². The van der Waals surface area contributed by atoms with Gasteiger partial charge in [0, 0.05) is 12.7 Å². The molecule has 0 amide bonds. The van der Waals surface area contributed by atoms with Gasteiger partial charge in [-0.1, -0.05) is 19.0 Å². The van der Waals surface area contributed by atoms with E-state index in [1.54, 1.807) is 26.8 Å². The molecule has 10 heteroatoms. The maximum Gasteiger partial charge on any atom is 0.349 e. The molecule has 2 heterocycles. The topological polar surface area (TPSA) is 140 Å². The molecule has 1 aromatic carbocycles. The van der Waals surface area contributed by atoms with Gasteiger partial charge < -0.3 is 38.8 Å². The summed E-state index contributed by atoms with van der Waals surface area (Å²) in [7, 11) is 2.79. The Bertz CT molecular complexity index is 1100. The summed E-state index contributed by atoms with van der Waals surface area (Å²) < 4.78 is 22.8. The molecule has 0 unspecified atom stereocenters. The summed E-state index contributed by atoms with van der Waals surface area (Å²) in [6, 6.07) is 3.09. The Morgan fingerprint density at radius 3 is 2.48 bits per heavy atom. The van der Waals surface area contributed by atoms with Crippen molar-refractivity contribution < 1.29 is 38.8 Å². The van der Waals surface area contributed by atoms with Crippen LogP contribution in [0.4, 0.5) is 0 Å². The quantitative estimate of drug-likeness (QED) is 0.319. The monoisotopic (exact) mass is 465 g/mol. The van der Waals surface area contributed by atoms with E-state index in [2.05, 4.69) is 5.16 Å². The van der Waals surface area contributed by atoms with Crippen LogP contribution in [0.5, 0.6) is 11.5 Å². The lowest BCUT2D eigenvalue weighted by molar-refractivity contribution is -0.311. The average molecular weight is 465 g/mol. The number of benzene rings is 1. The van der Waals surface area contributed by atoms with Crippen molar-refractivity contribution in [2.24, 2.45) is 5.16 Å². The summed E-state index contributed by atoms with van der Waals surface area (Å²) in [6.07, 6.45) is -3.73. The van der Waals surface area contributed by atoms with Gasteiger partial charge in [-0.3, -0.25) is 0 Å². The van der Waals surface area contributed by atoms with Crippen LogP contribution in [-0.4, -0.2) is 65.5 Å². The summed E-state index contributed by atoms with van der Waals surface area (Å²) in [4.78, 5) is 17.4. The highest BCUT2D eigenvalue weighted by Gasteiger charge is 2.52. The minimum absolute atomic E-state index is 0.0709. The molecule has 5 atom stereocenters. The summed E-state index contributed by atoms with van der Waals surface area (Å²) >= 11 is 0. The van der Waals surface area contributed by atoms with Crippen LogP contribution in [0.1, 0.15) is 44.7 Å². The molecule has 1 aliphatic rings. The van der Waals surface area contributed by atoms with Crippen molar-refractivity contribution in [1.82, 2.24) is 0 Å². The lowest BCUT2D eigenvalue weighted by Gasteiger charge is -2.47. The first kappa shape index (κ1) is 25.0. The molecule has 1 aliphatic heterocycles. The Kier molecular flexibility index (Phi) is 7.32. The SMILES string of the molecule is CCC(=NOC)c1c(O)c2ccc(O[C@@H]3O[C@@](C)(CC)[C@H](OC)[C@@H](O)[C@H]3O)c(C)c2oc1=O. The first-order valence-electron chi connectivity index (χ1n) is 10.8. The fourth-order valence-corrected chi connectivity index (χ4v) is 4.14. The largest absolute Gasteiger partial charge is 0.506 e. The van der Waals surface area contributed by atoms with Crippen molar-refractivity contribution in [1.29, 1.82) is 0 Å². The summed E-state index contributed by atoms with van der Waals surface area (Å²) in [6.45, 7) is 7.06. The number of aliphatic hydroxyl groups is 2. The Hall–Kier alpha value is -2.66. The fraction of sp³-hybridized carbons (Fsp3) is 0.565. The minimum Gasteiger partial charge on any atom is -0.506 e. The summed E-state index contributed by atoms with van der Waals surface area (Å²) in [5.41, 5.74) is -0.971. The first-order chi connectivity index (χ1) is 15.6. The van der Waals surface area contributed by atoms with Crippen molar-refractivity contribution >= 4 is 16.7 Å². The van der Waals surface area contributed by atoms with Crippen molar-refractivity contribution in [2.75, 3.05) is 14.2 Å². The molecule has 3 N–H and O–H groups in total. The molecular weight excluding hydrogens is 434 g/mol. The third-order valence-corrected chi connectivity index (χ3v) is 6.20. The van der Waals surface area contributed by atoms with Gasteiger partial charge in [-0.05, 0) is 38.8 Å². The highest BCUT2D eigenvalue weighted by Crippen LogP contribution is 2.38. The maximum atomic E-state index is 12.7. The van der Waals surface area contributed by atoms with Crippen molar-refractivity contribution in [3.63, 3.8) is 0 Å².